The second kappa shape index (κ2) is 4.77. The van der Waals surface area contributed by atoms with Crippen molar-refractivity contribution >= 4 is 28.7 Å². The number of hydrogen-bond acceptors (Lipinski definition) is 3. The summed E-state index contributed by atoms with van der Waals surface area (Å²) in [4.78, 5) is 20.4. The van der Waals surface area contributed by atoms with E-state index in [0.717, 1.165) is 4.47 Å². The Hall–Kier alpha value is -1.16. The van der Waals surface area contributed by atoms with Crippen molar-refractivity contribution < 1.29 is 14.3 Å². The summed E-state index contributed by atoms with van der Waals surface area (Å²) in [6.45, 7) is 0.233. The fourth-order valence-corrected chi connectivity index (χ4v) is 1.32. The maximum atomic E-state index is 10.4. The molecule has 1 aromatic carbocycles. The van der Waals surface area contributed by atoms with Crippen LogP contribution in [0.2, 0.25) is 0 Å². The zero-order valence-electron chi connectivity index (χ0n) is 6.57. The van der Waals surface area contributed by atoms with Gasteiger partial charge < -0.3 is 4.74 Å². The van der Waals surface area contributed by atoms with Crippen molar-refractivity contribution in [1.29, 1.82) is 0 Å². The van der Waals surface area contributed by atoms with Crippen LogP contribution >= 0.6 is 15.9 Å². The van der Waals surface area contributed by atoms with E-state index in [1.165, 1.54) is 0 Å². The molecule has 0 spiro atoms. The zero-order valence-corrected chi connectivity index (χ0v) is 8.15. The average Bonchev–Trinajstić information content (AvgIpc) is 2.14. The lowest BCUT2D eigenvalue weighted by Gasteiger charge is -2.07. The molecule has 0 aliphatic rings. The van der Waals surface area contributed by atoms with Gasteiger partial charge in [-0.3, -0.25) is 9.59 Å². The molecule has 0 saturated carbocycles. The maximum Gasteiger partial charge on any atom is 0.294 e. The first-order valence-corrected chi connectivity index (χ1v) is 4.29. The first-order chi connectivity index (χ1) is 6.27. The topological polar surface area (TPSA) is 43.4 Å². The van der Waals surface area contributed by atoms with Crippen LogP contribution in [-0.4, -0.2) is 12.8 Å². The number of benzene rings is 1. The van der Waals surface area contributed by atoms with Crippen LogP contribution in [-0.2, 0) is 14.3 Å². The lowest BCUT2D eigenvalue weighted by molar-refractivity contribution is -0.131. The van der Waals surface area contributed by atoms with Gasteiger partial charge in [0, 0.05) is 10.0 Å². The van der Waals surface area contributed by atoms with Gasteiger partial charge in [0.25, 0.3) is 6.47 Å². The molecule has 1 rings (SSSR count). The van der Waals surface area contributed by atoms with E-state index in [-0.39, 0.29) is 6.47 Å². The highest BCUT2D eigenvalue weighted by Gasteiger charge is 2.11. The van der Waals surface area contributed by atoms with Gasteiger partial charge in [-0.25, -0.2) is 0 Å². The summed E-state index contributed by atoms with van der Waals surface area (Å²) in [5, 5.41) is 0. The van der Waals surface area contributed by atoms with E-state index in [1.807, 2.05) is 6.07 Å². The minimum Gasteiger partial charge on any atom is -0.451 e. The van der Waals surface area contributed by atoms with E-state index in [9.17, 15) is 9.59 Å². The van der Waals surface area contributed by atoms with Crippen LogP contribution in [0.3, 0.4) is 0 Å². The molecule has 0 heterocycles. The summed E-state index contributed by atoms with van der Waals surface area (Å²) in [6, 6.07) is 6.94. The Kier molecular flexibility index (Phi) is 3.64. The molecule has 0 amide bonds. The molecule has 1 unspecified atom stereocenters. The molecule has 4 heteroatoms. The van der Waals surface area contributed by atoms with Crippen LogP contribution in [0.25, 0.3) is 0 Å². The van der Waals surface area contributed by atoms with Crippen molar-refractivity contribution in [2.75, 3.05) is 0 Å². The second-order valence-corrected chi connectivity index (χ2v) is 3.20. The number of halogens is 1. The molecule has 3 nitrogen and oxygen atoms in total. The van der Waals surface area contributed by atoms with Gasteiger partial charge in [-0.15, -0.1) is 0 Å². The third kappa shape index (κ3) is 2.66. The fraction of sp³-hybridized carbons (Fsp3) is 0.111. The lowest BCUT2D eigenvalue weighted by Crippen LogP contribution is -2.03. The highest BCUT2D eigenvalue weighted by molar-refractivity contribution is 9.10. The molecule has 0 N–H and O–H groups in total. The van der Waals surface area contributed by atoms with E-state index < -0.39 is 6.10 Å². The fourth-order valence-electron chi connectivity index (χ4n) is 0.900. The van der Waals surface area contributed by atoms with E-state index in [1.54, 1.807) is 24.5 Å². The first kappa shape index (κ1) is 9.92. The Morgan fingerprint density at radius 2 is 2.31 bits per heavy atom. The van der Waals surface area contributed by atoms with Crippen molar-refractivity contribution in [1.82, 2.24) is 0 Å². The van der Waals surface area contributed by atoms with Crippen molar-refractivity contribution in [3.63, 3.8) is 0 Å². The minimum atomic E-state index is -0.935. The van der Waals surface area contributed by atoms with Gasteiger partial charge in [-0.2, -0.15) is 0 Å². The monoisotopic (exact) mass is 241 g/mol. The molecule has 0 bridgehead atoms. The SMILES string of the molecule is O=[C]C(OC=O)c1cccc(Br)c1. The second-order valence-electron chi connectivity index (χ2n) is 2.29. The summed E-state index contributed by atoms with van der Waals surface area (Å²) < 4.78 is 5.33. The Morgan fingerprint density at radius 1 is 1.54 bits per heavy atom. The molecule has 0 saturated heterocycles. The lowest BCUT2D eigenvalue weighted by atomic mass is 10.1. The van der Waals surface area contributed by atoms with Crippen molar-refractivity contribution in [2.24, 2.45) is 0 Å². The molecule has 1 aromatic rings. The molecule has 0 aliphatic heterocycles. The molecule has 0 fully saturated rings. The number of carbonyl (C=O) groups excluding carboxylic acids is 2. The van der Waals surface area contributed by atoms with Crippen molar-refractivity contribution in [3.05, 3.63) is 34.3 Å². The van der Waals surface area contributed by atoms with Crippen LogP contribution in [0.1, 0.15) is 11.7 Å². The summed E-state index contributed by atoms with van der Waals surface area (Å²) in [5.41, 5.74) is 0.594. The summed E-state index contributed by atoms with van der Waals surface area (Å²) in [7, 11) is 0. The Labute approximate surface area is 83.8 Å². The van der Waals surface area contributed by atoms with Crippen molar-refractivity contribution in [2.45, 2.75) is 6.10 Å². The molecule has 0 aliphatic carbocycles. The number of carbonyl (C=O) groups is 1. The van der Waals surface area contributed by atoms with Gasteiger partial charge in [0.2, 0.25) is 6.29 Å². The smallest absolute Gasteiger partial charge is 0.294 e. The van der Waals surface area contributed by atoms with E-state index >= 15 is 0 Å². The Bertz CT molecular complexity index is 311. The van der Waals surface area contributed by atoms with Crippen LogP contribution in [0.15, 0.2) is 28.7 Å². The predicted octanol–water partition coefficient (Wildman–Crippen LogP) is 1.77. The third-order valence-electron chi connectivity index (χ3n) is 1.45. The molecular formula is C9H6BrO3. The number of ether oxygens (including phenoxy) is 1. The Balaban J connectivity index is 2.90. The summed E-state index contributed by atoms with van der Waals surface area (Å²) in [6.07, 6.45) is 0.687. The van der Waals surface area contributed by atoms with E-state index in [2.05, 4.69) is 20.7 Å². The first-order valence-electron chi connectivity index (χ1n) is 3.50. The summed E-state index contributed by atoms with van der Waals surface area (Å²) >= 11 is 3.24. The normalized spacial score (nSPS) is 11.8. The molecule has 1 atom stereocenters. The van der Waals surface area contributed by atoms with E-state index in [4.69, 9.17) is 0 Å². The molecule has 1 radical (unpaired) electrons. The largest absolute Gasteiger partial charge is 0.451 e. The quantitative estimate of drug-likeness (QED) is 0.755. The van der Waals surface area contributed by atoms with Gasteiger partial charge in [0.05, 0.1) is 0 Å². The Morgan fingerprint density at radius 3 is 2.85 bits per heavy atom. The average molecular weight is 242 g/mol. The number of hydrogen-bond donors (Lipinski definition) is 0. The van der Waals surface area contributed by atoms with Gasteiger partial charge >= 0.3 is 0 Å². The predicted molar refractivity (Wildman–Crippen MR) is 49.7 cm³/mol. The van der Waals surface area contributed by atoms with Crippen molar-refractivity contribution in [3.8, 4) is 0 Å². The highest BCUT2D eigenvalue weighted by Crippen LogP contribution is 2.18. The zero-order chi connectivity index (χ0) is 9.68. The maximum absolute atomic E-state index is 10.4. The van der Waals surface area contributed by atoms with Gasteiger partial charge in [-0.1, -0.05) is 28.1 Å². The summed E-state index contributed by atoms with van der Waals surface area (Å²) in [5.74, 6) is 0. The standard InChI is InChI=1S/C9H6BrO3/c10-8-3-1-2-7(4-8)9(5-11)13-6-12/h1-4,6,9H. The molecular weight excluding hydrogens is 236 g/mol. The van der Waals surface area contributed by atoms with Crippen LogP contribution in [0, 0.1) is 0 Å². The third-order valence-corrected chi connectivity index (χ3v) is 1.94. The van der Waals surface area contributed by atoms with Crippen LogP contribution in [0.4, 0.5) is 0 Å². The molecule has 0 aromatic heterocycles. The van der Waals surface area contributed by atoms with Gasteiger partial charge in [0.15, 0.2) is 6.10 Å². The van der Waals surface area contributed by atoms with Gasteiger partial charge in [0.1, 0.15) is 0 Å². The minimum absolute atomic E-state index is 0.233. The highest BCUT2D eigenvalue weighted by atomic mass is 79.9. The van der Waals surface area contributed by atoms with Crippen LogP contribution < -0.4 is 0 Å². The molecule has 13 heavy (non-hydrogen) atoms. The van der Waals surface area contributed by atoms with E-state index in [0.29, 0.717) is 5.56 Å². The number of rotatable bonds is 4. The van der Waals surface area contributed by atoms with Gasteiger partial charge in [-0.05, 0) is 12.1 Å². The molecule has 67 valence electrons. The van der Waals surface area contributed by atoms with Crippen LogP contribution in [0.5, 0.6) is 0 Å².